The third-order valence-electron chi connectivity index (χ3n) is 3.61. The Labute approximate surface area is 128 Å². The van der Waals surface area contributed by atoms with Gasteiger partial charge < -0.3 is 15.4 Å². The minimum Gasteiger partial charge on any atom is -0.387 e. The number of hydrogen-bond acceptors (Lipinski definition) is 3. The smallest absolute Gasteiger partial charge is 0.225 e. The highest BCUT2D eigenvalue weighted by molar-refractivity contribution is 5.80. The van der Waals surface area contributed by atoms with Gasteiger partial charge in [0.1, 0.15) is 5.82 Å². The molecule has 0 bridgehead atoms. The van der Waals surface area contributed by atoms with Crippen LogP contribution in [0.2, 0.25) is 0 Å². The molecule has 5 heteroatoms. The lowest BCUT2D eigenvalue weighted by Gasteiger charge is -2.14. The van der Waals surface area contributed by atoms with Crippen molar-refractivity contribution in [3.05, 3.63) is 66.0 Å². The molecule has 0 aliphatic carbocycles. The summed E-state index contributed by atoms with van der Waals surface area (Å²) in [4.78, 5) is 15.7. The quantitative estimate of drug-likeness (QED) is 0.753. The van der Waals surface area contributed by atoms with Gasteiger partial charge in [0.25, 0.3) is 0 Å². The standard InChI is InChI=1S/C17H17N3O2/c18-16(22)10-17-19-13-8-4-5-9-14(13)20(17)11-15(21)12-6-2-1-3-7-12/h1-9,15,21H,10-11H2,(H2,18,22). The summed E-state index contributed by atoms with van der Waals surface area (Å²) < 4.78 is 1.86. The number of amides is 1. The molecular weight excluding hydrogens is 278 g/mol. The normalized spacial score (nSPS) is 12.4. The molecule has 3 N–H and O–H groups in total. The van der Waals surface area contributed by atoms with E-state index in [0.717, 1.165) is 16.6 Å². The maximum atomic E-state index is 11.3. The number of primary amides is 1. The third-order valence-corrected chi connectivity index (χ3v) is 3.61. The van der Waals surface area contributed by atoms with Crippen LogP contribution in [0, 0.1) is 0 Å². The van der Waals surface area contributed by atoms with Gasteiger partial charge in [-0.25, -0.2) is 4.98 Å². The van der Waals surface area contributed by atoms with E-state index < -0.39 is 12.0 Å². The van der Waals surface area contributed by atoms with Gasteiger partial charge in [-0.3, -0.25) is 4.79 Å². The van der Waals surface area contributed by atoms with E-state index in [-0.39, 0.29) is 6.42 Å². The monoisotopic (exact) mass is 295 g/mol. The highest BCUT2D eigenvalue weighted by Crippen LogP contribution is 2.21. The average molecular weight is 295 g/mol. The van der Waals surface area contributed by atoms with Crippen molar-refractivity contribution < 1.29 is 9.90 Å². The van der Waals surface area contributed by atoms with Crippen LogP contribution in [0.5, 0.6) is 0 Å². The topological polar surface area (TPSA) is 81.1 Å². The first-order valence-electron chi connectivity index (χ1n) is 7.10. The van der Waals surface area contributed by atoms with Crippen molar-refractivity contribution in [2.24, 2.45) is 5.73 Å². The Kier molecular flexibility index (Phi) is 3.89. The Balaban J connectivity index is 1.99. The number of benzene rings is 2. The minimum absolute atomic E-state index is 0.0518. The van der Waals surface area contributed by atoms with E-state index in [9.17, 15) is 9.90 Å². The number of fused-ring (bicyclic) bond motifs is 1. The molecule has 1 unspecified atom stereocenters. The molecular formula is C17H17N3O2. The number of aromatic nitrogens is 2. The fourth-order valence-electron chi connectivity index (χ4n) is 2.57. The van der Waals surface area contributed by atoms with Crippen molar-refractivity contribution in [1.82, 2.24) is 9.55 Å². The lowest BCUT2D eigenvalue weighted by atomic mass is 10.1. The molecule has 0 aliphatic rings. The first-order chi connectivity index (χ1) is 10.6. The number of carbonyl (C=O) groups excluding carboxylic acids is 1. The fourth-order valence-corrected chi connectivity index (χ4v) is 2.57. The second kappa shape index (κ2) is 5.99. The summed E-state index contributed by atoms with van der Waals surface area (Å²) in [6.45, 7) is 0.327. The number of nitrogens with two attached hydrogens (primary N) is 1. The second-order valence-corrected chi connectivity index (χ2v) is 5.20. The molecule has 0 saturated carbocycles. The number of aliphatic hydroxyl groups excluding tert-OH is 1. The van der Waals surface area contributed by atoms with E-state index in [4.69, 9.17) is 5.73 Å². The third kappa shape index (κ3) is 2.84. The molecule has 1 atom stereocenters. The van der Waals surface area contributed by atoms with Crippen molar-refractivity contribution >= 4 is 16.9 Å². The van der Waals surface area contributed by atoms with Crippen molar-refractivity contribution in [2.75, 3.05) is 0 Å². The number of hydrogen-bond donors (Lipinski definition) is 2. The first-order valence-corrected chi connectivity index (χ1v) is 7.10. The molecule has 0 radical (unpaired) electrons. The van der Waals surface area contributed by atoms with Crippen LogP contribution < -0.4 is 5.73 Å². The number of imidazole rings is 1. The number of nitrogens with zero attached hydrogens (tertiary/aromatic N) is 2. The summed E-state index contributed by atoms with van der Waals surface area (Å²) in [5, 5.41) is 10.4. The number of aliphatic hydroxyl groups is 1. The van der Waals surface area contributed by atoms with Gasteiger partial charge in [-0.05, 0) is 17.7 Å². The Morgan fingerprint density at radius 2 is 1.82 bits per heavy atom. The first kappa shape index (κ1) is 14.3. The SMILES string of the molecule is NC(=O)Cc1nc2ccccc2n1CC(O)c1ccccc1. The summed E-state index contributed by atoms with van der Waals surface area (Å²) >= 11 is 0. The maximum Gasteiger partial charge on any atom is 0.225 e. The van der Waals surface area contributed by atoms with Gasteiger partial charge in [0.2, 0.25) is 5.91 Å². The van der Waals surface area contributed by atoms with Gasteiger partial charge >= 0.3 is 0 Å². The Morgan fingerprint density at radius 1 is 1.14 bits per heavy atom. The summed E-state index contributed by atoms with van der Waals surface area (Å²) in [5.74, 6) is 0.134. The highest BCUT2D eigenvalue weighted by Gasteiger charge is 2.16. The molecule has 0 saturated heterocycles. The largest absolute Gasteiger partial charge is 0.387 e. The molecule has 1 aromatic heterocycles. The predicted octanol–water partition coefficient (Wildman–Crippen LogP) is 1.80. The molecule has 112 valence electrons. The zero-order valence-corrected chi connectivity index (χ0v) is 12.0. The molecule has 1 amide bonds. The van der Waals surface area contributed by atoms with Gasteiger partial charge in [0.15, 0.2) is 0 Å². The minimum atomic E-state index is -0.676. The molecule has 3 aromatic rings. The van der Waals surface area contributed by atoms with Crippen LogP contribution >= 0.6 is 0 Å². The molecule has 5 nitrogen and oxygen atoms in total. The molecule has 2 aromatic carbocycles. The van der Waals surface area contributed by atoms with Gasteiger partial charge in [-0.2, -0.15) is 0 Å². The van der Waals surface area contributed by atoms with Crippen LogP contribution in [0.3, 0.4) is 0 Å². The van der Waals surface area contributed by atoms with E-state index in [1.54, 1.807) is 0 Å². The lowest BCUT2D eigenvalue weighted by molar-refractivity contribution is -0.117. The number of rotatable bonds is 5. The molecule has 3 rings (SSSR count). The zero-order valence-electron chi connectivity index (χ0n) is 12.0. The van der Waals surface area contributed by atoms with Crippen molar-refractivity contribution in [2.45, 2.75) is 19.1 Å². The fraction of sp³-hybridized carbons (Fsp3) is 0.176. The van der Waals surface area contributed by atoms with Crippen molar-refractivity contribution in [1.29, 1.82) is 0 Å². The van der Waals surface area contributed by atoms with Crippen LogP contribution in [0.25, 0.3) is 11.0 Å². The van der Waals surface area contributed by atoms with Gasteiger partial charge in [-0.1, -0.05) is 42.5 Å². The van der Waals surface area contributed by atoms with E-state index in [0.29, 0.717) is 12.4 Å². The number of carbonyl (C=O) groups is 1. The van der Waals surface area contributed by atoms with Crippen LogP contribution in [0.15, 0.2) is 54.6 Å². The Morgan fingerprint density at radius 3 is 2.55 bits per heavy atom. The zero-order chi connectivity index (χ0) is 15.5. The molecule has 22 heavy (non-hydrogen) atoms. The van der Waals surface area contributed by atoms with Gasteiger partial charge in [-0.15, -0.1) is 0 Å². The molecule has 0 fully saturated rings. The molecule has 0 spiro atoms. The summed E-state index contributed by atoms with van der Waals surface area (Å²) in [6, 6.07) is 17.0. The van der Waals surface area contributed by atoms with E-state index in [1.165, 1.54) is 0 Å². The lowest BCUT2D eigenvalue weighted by Crippen LogP contribution is -2.19. The predicted molar refractivity (Wildman–Crippen MR) is 84.0 cm³/mol. The maximum absolute atomic E-state index is 11.3. The van der Waals surface area contributed by atoms with E-state index in [2.05, 4.69) is 4.98 Å². The number of para-hydroxylation sites is 2. The second-order valence-electron chi connectivity index (χ2n) is 5.20. The van der Waals surface area contributed by atoms with Crippen LogP contribution in [-0.4, -0.2) is 20.6 Å². The van der Waals surface area contributed by atoms with Gasteiger partial charge in [0.05, 0.1) is 30.1 Å². The van der Waals surface area contributed by atoms with Crippen molar-refractivity contribution in [3.63, 3.8) is 0 Å². The summed E-state index contributed by atoms with van der Waals surface area (Å²) in [5.41, 5.74) is 7.80. The summed E-state index contributed by atoms with van der Waals surface area (Å²) in [6.07, 6.45) is -0.624. The van der Waals surface area contributed by atoms with Crippen LogP contribution in [0.1, 0.15) is 17.5 Å². The Bertz CT molecular complexity index is 796. The van der Waals surface area contributed by atoms with Gasteiger partial charge in [0, 0.05) is 0 Å². The van der Waals surface area contributed by atoms with E-state index in [1.807, 2.05) is 59.2 Å². The van der Waals surface area contributed by atoms with E-state index >= 15 is 0 Å². The summed E-state index contributed by atoms with van der Waals surface area (Å²) in [7, 11) is 0. The van der Waals surface area contributed by atoms with Crippen LogP contribution in [-0.2, 0) is 17.8 Å². The highest BCUT2D eigenvalue weighted by atomic mass is 16.3. The average Bonchev–Trinajstić information content (AvgIpc) is 2.85. The Hall–Kier alpha value is -2.66. The molecule has 1 heterocycles. The van der Waals surface area contributed by atoms with Crippen LogP contribution in [0.4, 0.5) is 0 Å². The van der Waals surface area contributed by atoms with Crippen molar-refractivity contribution in [3.8, 4) is 0 Å². The molecule has 0 aliphatic heterocycles.